The first-order valence-corrected chi connectivity index (χ1v) is 7.27. The standard InChI is InChI=1S/C18H21NO/c1-15-4-2-6-17(12-15)18-7-3-5-16(13-18)14-19-8-10-20-11-9-19/h2-7,12-13H,8-11,14H2,1H3. The monoisotopic (exact) mass is 267 g/mol. The molecule has 104 valence electrons. The molecule has 0 unspecified atom stereocenters. The van der Waals surface area contributed by atoms with E-state index < -0.39 is 0 Å². The molecule has 0 aliphatic carbocycles. The van der Waals surface area contributed by atoms with Crippen molar-refractivity contribution >= 4 is 0 Å². The van der Waals surface area contributed by atoms with Crippen molar-refractivity contribution in [3.8, 4) is 11.1 Å². The van der Waals surface area contributed by atoms with Gasteiger partial charge in [0.15, 0.2) is 0 Å². The maximum atomic E-state index is 5.40. The van der Waals surface area contributed by atoms with Crippen molar-refractivity contribution in [2.24, 2.45) is 0 Å². The molecule has 1 heterocycles. The van der Waals surface area contributed by atoms with Gasteiger partial charge in [-0.15, -0.1) is 0 Å². The molecular weight excluding hydrogens is 246 g/mol. The van der Waals surface area contributed by atoms with Crippen LogP contribution in [0.1, 0.15) is 11.1 Å². The van der Waals surface area contributed by atoms with Crippen LogP contribution < -0.4 is 0 Å². The van der Waals surface area contributed by atoms with E-state index in [4.69, 9.17) is 4.74 Å². The summed E-state index contributed by atoms with van der Waals surface area (Å²) in [5, 5.41) is 0. The van der Waals surface area contributed by atoms with Crippen molar-refractivity contribution in [1.82, 2.24) is 4.90 Å². The molecule has 1 aliphatic rings. The normalized spacial score (nSPS) is 16.2. The largest absolute Gasteiger partial charge is 0.379 e. The van der Waals surface area contributed by atoms with E-state index in [0.717, 1.165) is 32.8 Å². The van der Waals surface area contributed by atoms with Crippen molar-refractivity contribution in [2.45, 2.75) is 13.5 Å². The van der Waals surface area contributed by atoms with Crippen molar-refractivity contribution in [2.75, 3.05) is 26.3 Å². The Morgan fingerprint density at radius 2 is 1.65 bits per heavy atom. The van der Waals surface area contributed by atoms with Gasteiger partial charge in [0.05, 0.1) is 13.2 Å². The fraction of sp³-hybridized carbons (Fsp3) is 0.333. The summed E-state index contributed by atoms with van der Waals surface area (Å²) in [5.41, 5.74) is 5.29. The minimum absolute atomic E-state index is 0.859. The molecule has 1 fully saturated rings. The molecule has 0 bridgehead atoms. The number of hydrogen-bond donors (Lipinski definition) is 0. The molecule has 0 saturated carbocycles. The van der Waals surface area contributed by atoms with Crippen LogP contribution in [0.4, 0.5) is 0 Å². The molecule has 2 heteroatoms. The lowest BCUT2D eigenvalue weighted by molar-refractivity contribution is 0.0342. The summed E-state index contributed by atoms with van der Waals surface area (Å²) in [6.07, 6.45) is 0. The van der Waals surface area contributed by atoms with E-state index in [0.29, 0.717) is 0 Å². The molecular formula is C18H21NO. The van der Waals surface area contributed by atoms with Crippen molar-refractivity contribution in [3.63, 3.8) is 0 Å². The molecule has 3 rings (SSSR count). The summed E-state index contributed by atoms with van der Waals surface area (Å²) in [6.45, 7) is 6.95. The van der Waals surface area contributed by atoms with Gasteiger partial charge in [-0.1, -0.05) is 48.0 Å². The van der Waals surface area contributed by atoms with Gasteiger partial charge in [-0.05, 0) is 29.7 Å². The molecule has 2 nitrogen and oxygen atoms in total. The lowest BCUT2D eigenvalue weighted by Crippen LogP contribution is -2.35. The highest BCUT2D eigenvalue weighted by Gasteiger charge is 2.10. The second-order valence-corrected chi connectivity index (χ2v) is 5.46. The third-order valence-corrected chi connectivity index (χ3v) is 3.79. The minimum Gasteiger partial charge on any atom is -0.379 e. The zero-order valence-corrected chi connectivity index (χ0v) is 12.0. The number of aryl methyl sites for hydroxylation is 1. The fourth-order valence-electron chi connectivity index (χ4n) is 2.69. The molecule has 0 amide bonds. The Morgan fingerprint density at radius 3 is 2.40 bits per heavy atom. The van der Waals surface area contributed by atoms with E-state index in [9.17, 15) is 0 Å². The highest BCUT2D eigenvalue weighted by molar-refractivity contribution is 5.64. The fourth-order valence-corrected chi connectivity index (χ4v) is 2.69. The highest BCUT2D eigenvalue weighted by Crippen LogP contribution is 2.22. The van der Waals surface area contributed by atoms with Crippen LogP contribution in [0.5, 0.6) is 0 Å². The van der Waals surface area contributed by atoms with Crippen molar-refractivity contribution in [1.29, 1.82) is 0 Å². The maximum Gasteiger partial charge on any atom is 0.0594 e. The number of ether oxygens (including phenoxy) is 1. The summed E-state index contributed by atoms with van der Waals surface area (Å²) in [6, 6.07) is 17.6. The Morgan fingerprint density at radius 1 is 0.950 bits per heavy atom. The average molecular weight is 267 g/mol. The quantitative estimate of drug-likeness (QED) is 0.844. The Labute approximate surface area is 121 Å². The number of morpholine rings is 1. The molecule has 0 spiro atoms. The van der Waals surface area contributed by atoms with Gasteiger partial charge in [-0.25, -0.2) is 0 Å². The summed E-state index contributed by atoms with van der Waals surface area (Å²) in [7, 11) is 0. The van der Waals surface area contributed by atoms with Crippen LogP contribution in [-0.4, -0.2) is 31.2 Å². The summed E-state index contributed by atoms with van der Waals surface area (Å²) in [5.74, 6) is 0. The molecule has 2 aromatic carbocycles. The van der Waals surface area contributed by atoms with Gasteiger partial charge < -0.3 is 4.74 Å². The summed E-state index contributed by atoms with van der Waals surface area (Å²) >= 11 is 0. The third-order valence-electron chi connectivity index (χ3n) is 3.79. The van der Waals surface area contributed by atoms with Gasteiger partial charge in [0, 0.05) is 19.6 Å². The van der Waals surface area contributed by atoms with Crippen molar-refractivity contribution < 1.29 is 4.74 Å². The SMILES string of the molecule is Cc1cccc(-c2cccc(CN3CCOCC3)c2)c1. The molecule has 0 aromatic heterocycles. The first-order valence-electron chi connectivity index (χ1n) is 7.27. The van der Waals surface area contributed by atoms with E-state index in [1.165, 1.54) is 22.3 Å². The third kappa shape index (κ3) is 3.27. The van der Waals surface area contributed by atoms with Gasteiger partial charge in [0.2, 0.25) is 0 Å². The Kier molecular flexibility index (Phi) is 4.14. The van der Waals surface area contributed by atoms with Gasteiger partial charge in [0.1, 0.15) is 0 Å². The zero-order chi connectivity index (χ0) is 13.8. The Hall–Kier alpha value is -1.64. The van der Waals surface area contributed by atoms with Crippen LogP contribution in [0.3, 0.4) is 0 Å². The molecule has 0 atom stereocenters. The molecule has 1 saturated heterocycles. The second-order valence-electron chi connectivity index (χ2n) is 5.46. The van der Waals surface area contributed by atoms with E-state index in [1.54, 1.807) is 0 Å². The predicted molar refractivity (Wildman–Crippen MR) is 82.7 cm³/mol. The van der Waals surface area contributed by atoms with Crippen LogP contribution in [0.15, 0.2) is 48.5 Å². The van der Waals surface area contributed by atoms with E-state index in [-0.39, 0.29) is 0 Å². The van der Waals surface area contributed by atoms with Gasteiger partial charge in [0.25, 0.3) is 0 Å². The summed E-state index contributed by atoms with van der Waals surface area (Å²) < 4.78 is 5.40. The zero-order valence-electron chi connectivity index (χ0n) is 12.0. The predicted octanol–water partition coefficient (Wildman–Crippen LogP) is 3.49. The summed E-state index contributed by atoms with van der Waals surface area (Å²) in [4.78, 5) is 2.46. The molecule has 2 aromatic rings. The van der Waals surface area contributed by atoms with E-state index >= 15 is 0 Å². The van der Waals surface area contributed by atoms with Gasteiger partial charge in [-0.3, -0.25) is 4.90 Å². The topological polar surface area (TPSA) is 12.5 Å². The second kappa shape index (κ2) is 6.21. The highest BCUT2D eigenvalue weighted by atomic mass is 16.5. The lowest BCUT2D eigenvalue weighted by atomic mass is 10.0. The van der Waals surface area contributed by atoms with Crippen LogP contribution in [-0.2, 0) is 11.3 Å². The number of rotatable bonds is 3. The Bertz CT molecular complexity index is 573. The minimum atomic E-state index is 0.859. The number of nitrogens with zero attached hydrogens (tertiary/aromatic N) is 1. The van der Waals surface area contributed by atoms with Crippen molar-refractivity contribution in [3.05, 3.63) is 59.7 Å². The van der Waals surface area contributed by atoms with Crippen LogP contribution in [0, 0.1) is 6.92 Å². The van der Waals surface area contributed by atoms with E-state index in [1.807, 2.05) is 0 Å². The van der Waals surface area contributed by atoms with Crippen LogP contribution in [0.25, 0.3) is 11.1 Å². The molecule has 0 radical (unpaired) electrons. The van der Waals surface area contributed by atoms with E-state index in [2.05, 4.69) is 60.4 Å². The average Bonchev–Trinajstić information content (AvgIpc) is 2.49. The first kappa shape index (κ1) is 13.3. The number of hydrogen-bond acceptors (Lipinski definition) is 2. The molecule has 1 aliphatic heterocycles. The van der Waals surface area contributed by atoms with Gasteiger partial charge >= 0.3 is 0 Å². The van der Waals surface area contributed by atoms with Crippen LogP contribution >= 0.6 is 0 Å². The number of benzene rings is 2. The Balaban J connectivity index is 1.78. The smallest absolute Gasteiger partial charge is 0.0594 e. The first-order chi connectivity index (χ1) is 9.81. The van der Waals surface area contributed by atoms with Crippen LogP contribution in [0.2, 0.25) is 0 Å². The molecule has 0 N–H and O–H groups in total. The maximum absolute atomic E-state index is 5.40. The van der Waals surface area contributed by atoms with Gasteiger partial charge in [-0.2, -0.15) is 0 Å². The molecule has 20 heavy (non-hydrogen) atoms. The lowest BCUT2D eigenvalue weighted by Gasteiger charge is -2.26.